The van der Waals surface area contributed by atoms with Gasteiger partial charge >= 0.3 is 5.97 Å². The van der Waals surface area contributed by atoms with E-state index in [4.69, 9.17) is 9.47 Å². The number of esters is 1. The minimum Gasteiger partial charge on any atom is -0.455 e. The van der Waals surface area contributed by atoms with Crippen LogP contribution in [0.15, 0.2) is 10.9 Å². The van der Waals surface area contributed by atoms with E-state index in [0.29, 0.717) is 18.9 Å². The molecule has 1 fully saturated rings. The summed E-state index contributed by atoms with van der Waals surface area (Å²) >= 11 is 1.38. The maximum atomic E-state index is 11.3. The number of hydrogen-bond acceptors (Lipinski definition) is 5. The first-order valence-corrected chi connectivity index (χ1v) is 4.97. The standard InChI is InChI=1S/C8H9NO3S/c10-8(7-4-13-5-9-7)12-6-1-2-11-3-6/h4-6H,1-3H2. The van der Waals surface area contributed by atoms with E-state index < -0.39 is 0 Å². The summed E-state index contributed by atoms with van der Waals surface area (Å²) in [5.41, 5.74) is 2.00. The lowest BCUT2D eigenvalue weighted by atomic mass is 10.3. The second-order valence-electron chi connectivity index (χ2n) is 2.76. The molecule has 0 bridgehead atoms. The third-order valence-electron chi connectivity index (χ3n) is 1.80. The lowest BCUT2D eigenvalue weighted by Gasteiger charge is -2.07. The number of carbonyl (C=O) groups is 1. The Hall–Kier alpha value is -0.940. The fourth-order valence-corrected chi connectivity index (χ4v) is 1.65. The topological polar surface area (TPSA) is 48.4 Å². The molecule has 2 rings (SSSR count). The minimum absolute atomic E-state index is 0.0887. The second-order valence-corrected chi connectivity index (χ2v) is 3.48. The molecule has 1 aliphatic heterocycles. The molecule has 1 unspecified atom stereocenters. The summed E-state index contributed by atoms with van der Waals surface area (Å²) in [4.78, 5) is 15.2. The maximum absolute atomic E-state index is 11.3. The van der Waals surface area contributed by atoms with Gasteiger partial charge in [0.25, 0.3) is 0 Å². The number of thiazole rings is 1. The van der Waals surface area contributed by atoms with Crippen molar-refractivity contribution in [3.05, 3.63) is 16.6 Å². The third-order valence-corrected chi connectivity index (χ3v) is 2.39. The number of nitrogens with zero attached hydrogens (tertiary/aromatic N) is 1. The first-order chi connectivity index (χ1) is 6.36. The van der Waals surface area contributed by atoms with Gasteiger partial charge in [-0.2, -0.15) is 0 Å². The van der Waals surface area contributed by atoms with Gasteiger partial charge < -0.3 is 9.47 Å². The van der Waals surface area contributed by atoms with Crippen molar-refractivity contribution in [3.63, 3.8) is 0 Å². The largest absolute Gasteiger partial charge is 0.455 e. The molecule has 70 valence electrons. The highest BCUT2D eigenvalue weighted by atomic mass is 32.1. The van der Waals surface area contributed by atoms with E-state index in [9.17, 15) is 4.79 Å². The molecule has 5 heteroatoms. The van der Waals surface area contributed by atoms with Crippen LogP contribution in [0.1, 0.15) is 16.9 Å². The smallest absolute Gasteiger partial charge is 0.358 e. The number of rotatable bonds is 2. The monoisotopic (exact) mass is 199 g/mol. The van der Waals surface area contributed by atoms with Crippen LogP contribution >= 0.6 is 11.3 Å². The summed E-state index contributed by atoms with van der Waals surface area (Å²) in [5.74, 6) is -0.350. The van der Waals surface area contributed by atoms with Crippen molar-refractivity contribution in [2.45, 2.75) is 12.5 Å². The fourth-order valence-electron chi connectivity index (χ4n) is 1.13. The molecule has 1 aliphatic rings. The van der Waals surface area contributed by atoms with Gasteiger partial charge in [-0.25, -0.2) is 9.78 Å². The average Bonchev–Trinajstić information content (AvgIpc) is 2.74. The predicted octanol–water partition coefficient (Wildman–Crippen LogP) is 1.09. The van der Waals surface area contributed by atoms with Crippen LogP contribution in [0.4, 0.5) is 0 Å². The lowest BCUT2D eigenvalue weighted by molar-refractivity contribution is 0.0265. The van der Waals surface area contributed by atoms with E-state index in [2.05, 4.69) is 4.98 Å². The van der Waals surface area contributed by atoms with Gasteiger partial charge in [-0.05, 0) is 0 Å². The van der Waals surface area contributed by atoms with Crippen molar-refractivity contribution >= 4 is 17.3 Å². The van der Waals surface area contributed by atoms with Crippen LogP contribution < -0.4 is 0 Å². The van der Waals surface area contributed by atoms with Gasteiger partial charge in [0, 0.05) is 11.8 Å². The van der Waals surface area contributed by atoms with Crippen LogP contribution in [0.25, 0.3) is 0 Å². The van der Waals surface area contributed by atoms with Gasteiger partial charge in [-0.1, -0.05) is 0 Å². The van der Waals surface area contributed by atoms with Gasteiger partial charge in [0.05, 0.1) is 18.7 Å². The highest BCUT2D eigenvalue weighted by molar-refractivity contribution is 7.07. The Morgan fingerprint density at radius 1 is 1.77 bits per heavy atom. The van der Waals surface area contributed by atoms with Gasteiger partial charge in [0.15, 0.2) is 5.69 Å². The first-order valence-electron chi connectivity index (χ1n) is 4.03. The Kier molecular flexibility index (Phi) is 2.56. The van der Waals surface area contributed by atoms with Crippen molar-refractivity contribution in [2.24, 2.45) is 0 Å². The Morgan fingerprint density at radius 3 is 3.31 bits per heavy atom. The van der Waals surface area contributed by atoms with Crippen LogP contribution in [0.5, 0.6) is 0 Å². The molecular weight excluding hydrogens is 190 g/mol. The fraction of sp³-hybridized carbons (Fsp3) is 0.500. The van der Waals surface area contributed by atoms with Gasteiger partial charge in [0.1, 0.15) is 6.10 Å². The summed E-state index contributed by atoms with van der Waals surface area (Å²) < 4.78 is 10.2. The average molecular weight is 199 g/mol. The zero-order valence-electron chi connectivity index (χ0n) is 6.93. The van der Waals surface area contributed by atoms with Crippen molar-refractivity contribution in [2.75, 3.05) is 13.2 Å². The van der Waals surface area contributed by atoms with Crippen LogP contribution in [0, 0.1) is 0 Å². The number of aromatic nitrogens is 1. The summed E-state index contributed by atoms with van der Waals surface area (Å²) in [7, 11) is 0. The molecule has 4 nitrogen and oxygen atoms in total. The van der Waals surface area contributed by atoms with E-state index in [1.165, 1.54) is 11.3 Å². The summed E-state index contributed by atoms with van der Waals surface area (Å²) in [5, 5.41) is 1.68. The Balaban J connectivity index is 1.91. The molecule has 0 saturated carbocycles. The quantitative estimate of drug-likeness (QED) is 0.669. The molecule has 0 radical (unpaired) electrons. The first kappa shape index (κ1) is 8.65. The molecule has 0 N–H and O–H groups in total. The zero-order chi connectivity index (χ0) is 9.10. The second kappa shape index (κ2) is 3.85. The van der Waals surface area contributed by atoms with Gasteiger partial charge in [0.2, 0.25) is 0 Å². The molecule has 1 atom stereocenters. The summed E-state index contributed by atoms with van der Waals surface area (Å²) in [6.07, 6.45) is 0.699. The van der Waals surface area contributed by atoms with Crippen LogP contribution in [-0.2, 0) is 9.47 Å². The van der Waals surface area contributed by atoms with E-state index in [-0.39, 0.29) is 12.1 Å². The predicted molar refractivity (Wildman–Crippen MR) is 46.8 cm³/mol. The van der Waals surface area contributed by atoms with E-state index in [0.717, 1.165) is 6.42 Å². The molecule has 0 amide bonds. The molecule has 1 saturated heterocycles. The molecular formula is C8H9NO3S. The van der Waals surface area contributed by atoms with Crippen molar-refractivity contribution < 1.29 is 14.3 Å². The summed E-state index contributed by atoms with van der Waals surface area (Å²) in [6.45, 7) is 1.19. The minimum atomic E-state index is -0.350. The number of hydrogen-bond donors (Lipinski definition) is 0. The lowest BCUT2D eigenvalue weighted by Crippen LogP contribution is -2.18. The van der Waals surface area contributed by atoms with E-state index in [1.807, 2.05) is 0 Å². The Bertz CT molecular complexity index is 280. The molecule has 1 aromatic rings. The van der Waals surface area contributed by atoms with Gasteiger partial charge in [-0.15, -0.1) is 11.3 Å². The van der Waals surface area contributed by atoms with Crippen molar-refractivity contribution in [1.82, 2.24) is 4.98 Å². The van der Waals surface area contributed by atoms with E-state index >= 15 is 0 Å². The Labute approximate surface area is 79.5 Å². The van der Waals surface area contributed by atoms with Gasteiger partial charge in [-0.3, -0.25) is 0 Å². The number of carbonyl (C=O) groups excluding carboxylic acids is 1. The molecule has 0 spiro atoms. The Morgan fingerprint density at radius 2 is 2.69 bits per heavy atom. The zero-order valence-corrected chi connectivity index (χ0v) is 7.75. The summed E-state index contributed by atoms with van der Waals surface area (Å²) in [6, 6.07) is 0. The molecule has 1 aromatic heterocycles. The van der Waals surface area contributed by atoms with Crippen molar-refractivity contribution in [3.8, 4) is 0 Å². The van der Waals surface area contributed by atoms with Crippen LogP contribution in [-0.4, -0.2) is 30.3 Å². The van der Waals surface area contributed by atoms with Crippen molar-refractivity contribution in [1.29, 1.82) is 0 Å². The highest BCUT2D eigenvalue weighted by Gasteiger charge is 2.21. The molecule has 13 heavy (non-hydrogen) atoms. The normalized spacial score (nSPS) is 21.7. The highest BCUT2D eigenvalue weighted by Crippen LogP contribution is 2.11. The third kappa shape index (κ3) is 2.05. The van der Waals surface area contributed by atoms with E-state index in [1.54, 1.807) is 10.9 Å². The molecule has 2 heterocycles. The van der Waals surface area contributed by atoms with Crippen LogP contribution in [0.2, 0.25) is 0 Å². The van der Waals surface area contributed by atoms with Crippen LogP contribution in [0.3, 0.4) is 0 Å². The number of ether oxygens (including phenoxy) is 2. The molecule has 0 aromatic carbocycles. The molecule has 0 aliphatic carbocycles. The SMILES string of the molecule is O=C(OC1CCOC1)c1cscn1. The maximum Gasteiger partial charge on any atom is 0.358 e.